The van der Waals surface area contributed by atoms with E-state index in [1.54, 1.807) is 25.6 Å². The molecule has 1 fully saturated rings. The summed E-state index contributed by atoms with van der Waals surface area (Å²) < 4.78 is 11.9. The van der Waals surface area contributed by atoms with Crippen molar-refractivity contribution in [3.8, 4) is 28.8 Å². The van der Waals surface area contributed by atoms with Crippen molar-refractivity contribution in [3.05, 3.63) is 53.0 Å². The van der Waals surface area contributed by atoms with Crippen molar-refractivity contribution < 1.29 is 14.6 Å². The maximum Gasteiger partial charge on any atom is 0.162 e. The first-order valence-corrected chi connectivity index (χ1v) is 11.2. The van der Waals surface area contributed by atoms with Gasteiger partial charge in [0, 0.05) is 41.9 Å². The number of nitrogens with one attached hydrogen (secondary N) is 1. The summed E-state index contributed by atoms with van der Waals surface area (Å²) in [5, 5.41) is 35.8. The van der Waals surface area contributed by atoms with E-state index in [0.29, 0.717) is 47.2 Å². The van der Waals surface area contributed by atoms with Crippen molar-refractivity contribution in [1.82, 2.24) is 25.4 Å². The first kappa shape index (κ1) is 22.6. The molecule has 178 valence electrons. The van der Waals surface area contributed by atoms with Crippen LogP contribution < -0.4 is 14.4 Å². The van der Waals surface area contributed by atoms with Crippen LogP contribution in [0.15, 0.2) is 30.6 Å². The summed E-state index contributed by atoms with van der Waals surface area (Å²) >= 11 is 0. The summed E-state index contributed by atoms with van der Waals surface area (Å²) in [5.41, 5.74) is 5.34. The molecule has 0 aliphatic carbocycles. The topological polar surface area (TPSA) is 133 Å². The van der Waals surface area contributed by atoms with Gasteiger partial charge in [0.25, 0.3) is 0 Å². The molecule has 1 saturated heterocycles. The number of rotatable bonds is 6. The van der Waals surface area contributed by atoms with Gasteiger partial charge in [-0.1, -0.05) is 0 Å². The van der Waals surface area contributed by atoms with Crippen molar-refractivity contribution in [2.75, 3.05) is 25.1 Å². The highest BCUT2D eigenvalue weighted by atomic mass is 16.5. The average molecular weight is 472 g/mol. The fourth-order valence-corrected chi connectivity index (χ4v) is 4.52. The molecule has 1 atom stereocenters. The van der Waals surface area contributed by atoms with Gasteiger partial charge in [0.05, 0.1) is 36.2 Å². The van der Waals surface area contributed by atoms with Crippen molar-refractivity contribution in [3.63, 3.8) is 0 Å². The monoisotopic (exact) mass is 471 g/mol. The van der Waals surface area contributed by atoms with E-state index < -0.39 is 0 Å². The zero-order chi connectivity index (χ0) is 24.7. The number of aryl methyl sites for hydroxylation is 2. The molecule has 10 heteroatoms. The van der Waals surface area contributed by atoms with Gasteiger partial charge in [-0.3, -0.25) is 5.10 Å². The minimum atomic E-state index is -0.385. The van der Waals surface area contributed by atoms with E-state index in [2.05, 4.69) is 31.4 Å². The third kappa shape index (κ3) is 4.00. The third-order valence-corrected chi connectivity index (χ3v) is 6.25. The Labute approximate surface area is 202 Å². The fourth-order valence-electron chi connectivity index (χ4n) is 4.52. The van der Waals surface area contributed by atoms with E-state index >= 15 is 0 Å². The SMILES string of the molecule is COc1cc2[nH]nc(-c3cnc(N4CC(O)C4)c(C#N)c3)c2cc1O[C@H](C)c1c(C)cnnc1C. The first-order valence-electron chi connectivity index (χ1n) is 11.2. The Hall–Kier alpha value is -4.23. The number of aromatic nitrogens is 5. The second kappa shape index (κ2) is 8.85. The second-order valence-electron chi connectivity index (χ2n) is 8.67. The molecule has 1 aliphatic rings. The summed E-state index contributed by atoms with van der Waals surface area (Å²) in [5.74, 6) is 1.70. The lowest BCUT2D eigenvalue weighted by molar-refractivity contribution is 0.141. The van der Waals surface area contributed by atoms with Crippen LogP contribution in [0.2, 0.25) is 0 Å². The molecule has 0 radical (unpaired) electrons. The molecule has 4 heterocycles. The summed E-state index contributed by atoms with van der Waals surface area (Å²) in [6, 6.07) is 7.71. The number of aromatic amines is 1. The molecular weight excluding hydrogens is 446 g/mol. The fraction of sp³-hybridized carbons (Fsp3) is 0.320. The maximum absolute atomic E-state index is 9.70. The Morgan fingerprint density at radius 1 is 1.20 bits per heavy atom. The molecule has 35 heavy (non-hydrogen) atoms. The van der Waals surface area contributed by atoms with Gasteiger partial charge >= 0.3 is 0 Å². The highest BCUT2D eigenvalue weighted by molar-refractivity contribution is 5.95. The molecule has 4 aromatic rings. The van der Waals surface area contributed by atoms with Gasteiger partial charge in [0.1, 0.15) is 23.7 Å². The third-order valence-electron chi connectivity index (χ3n) is 6.25. The summed E-state index contributed by atoms with van der Waals surface area (Å²) in [4.78, 5) is 6.38. The lowest BCUT2D eigenvalue weighted by Crippen LogP contribution is -2.51. The molecule has 0 amide bonds. The Bertz CT molecular complexity index is 1430. The predicted octanol–water partition coefficient (Wildman–Crippen LogP) is 3.23. The van der Waals surface area contributed by atoms with Gasteiger partial charge in [-0.25, -0.2) is 4.98 Å². The molecule has 0 spiro atoms. The van der Waals surface area contributed by atoms with Gasteiger partial charge in [-0.05, 0) is 38.5 Å². The molecule has 0 bridgehead atoms. The Morgan fingerprint density at radius 2 is 2.00 bits per heavy atom. The standard InChI is InChI=1S/C25H25N7O3/c1-13-9-28-29-14(2)23(13)15(3)35-22-6-19-20(7-21(22)34-4)30-31-24(19)17-5-16(8-26)25(27-10-17)32-11-18(33)12-32/h5-7,9-10,15,18,33H,11-12H2,1-4H3,(H,30,31)/t15-/m1/s1. The molecular formula is C25H25N7O3. The van der Waals surface area contributed by atoms with Gasteiger partial charge in [-0.2, -0.15) is 20.6 Å². The number of benzene rings is 1. The lowest BCUT2D eigenvalue weighted by Gasteiger charge is -2.37. The number of hydrogen-bond acceptors (Lipinski definition) is 9. The Morgan fingerprint density at radius 3 is 2.69 bits per heavy atom. The van der Waals surface area contributed by atoms with Crippen LogP contribution in [-0.2, 0) is 0 Å². The predicted molar refractivity (Wildman–Crippen MR) is 129 cm³/mol. The average Bonchev–Trinajstić information content (AvgIpc) is 3.23. The van der Waals surface area contributed by atoms with E-state index in [0.717, 1.165) is 27.7 Å². The number of ether oxygens (including phenoxy) is 2. The highest BCUT2D eigenvalue weighted by Crippen LogP contribution is 2.39. The highest BCUT2D eigenvalue weighted by Gasteiger charge is 2.28. The second-order valence-corrected chi connectivity index (χ2v) is 8.67. The molecule has 10 nitrogen and oxygen atoms in total. The van der Waals surface area contributed by atoms with Crippen LogP contribution in [0.5, 0.6) is 11.5 Å². The van der Waals surface area contributed by atoms with E-state index in [-0.39, 0.29) is 12.2 Å². The summed E-state index contributed by atoms with van der Waals surface area (Å²) in [7, 11) is 1.59. The molecule has 0 unspecified atom stereocenters. The minimum absolute atomic E-state index is 0.287. The molecule has 2 N–H and O–H groups in total. The number of anilines is 1. The van der Waals surface area contributed by atoms with E-state index in [9.17, 15) is 10.4 Å². The van der Waals surface area contributed by atoms with Crippen LogP contribution in [0, 0.1) is 25.2 Å². The van der Waals surface area contributed by atoms with Crippen LogP contribution in [0.25, 0.3) is 22.2 Å². The van der Waals surface area contributed by atoms with Crippen LogP contribution >= 0.6 is 0 Å². The summed E-state index contributed by atoms with van der Waals surface area (Å²) in [6.07, 6.45) is 2.75. The van der Waals surface area contributed by atoms with Crippen LogP contribution in [0.1, 0.15) is 35.4 Å². The Kier molecular flexibility index (Phi) is 5.70. The number of methoxy groups -OCH3 is 1. The summed E-state index contributed by atoms with van der Waals surface area (Å²) in [6.45, 7) is 6.80. The Balaban J connectivity index is 1.53. The van der Waals surface area contributed by atoms with Crippen LogP contribution in [0.3, 0.4) is 0 Å². The number of nitriles is 1. The molecule has 1 aliphatic heterocycles. The van der Waals surface area contributed by atoms with Gasteiger partial charge in [-0.15, -0.1) is 0 Å². The van der Waals surface area contributed by atoms with Crippen molar-refractivity contribution in [2.24, 2.45) is 0 Å². The van der Waals surface area contributed by atoms with Gasteiger partial charge in [0.2, 0.25) is 0 Å². The zero-order valence-electron chi connectivity index (χ0n) is 19.9. The number of pyridine rings is 1. The van der Waals surface area contributed by atoms with Crippen molar-refractivity contribution in [2.45, 2.75) is 33.0 Å². The largest absolute Gasteiger partial charge is 0.493 e. The number of hydrogen-bond donors (Lipinski definition) is 2. The normalized spacial score (nSPS) is 14.5. The smallest absolute Gasteiger partial charge is 0.162 e. The van der Waals surface area contributed by atoms with E-state index in [1.165, 1.54) is 0 Å². The molecule has 0 saturated carbocycles. The van der Waals surface area contributed by atoms with Crippen molar-refractivity contribution >= 4 is 16.7 Å². The van der Waals surface area contributed by atoms with E-state index in [4.69, 9.17) is 9.47 Å². The van der Waals surface area contributed by atoms with Gasteiger partial charge < -0.3 is 19.5 Å². The number of β-amino-alcohol motifs (C(OH)–C–C–N with tert-alkyl or cyclic N) is 1. The number of aliphatic hydroxyl groups excluding tert-OH is 1. The van der Waals surface area contributed by atoms with Crippen LogP contribution in [-0.4, -0.2) is 56.8 Å². The van der Waals surface area contributed by atoms with Gasteiger partial charge in [0.15, 0.2) is 11.5 Å². The number of H-pyrrole nitrogens is 1. The van der Waals surface area contributed by atoms with E-state index in [1.807, 2.05) is 37.8 Å². The number of aliphatic hydroxyl groups is 1. The molecule has 1 aromatic carbocycles. The molecule has 3 aromatic heterocycles. The molecule has 5 rings (SSSR count). The quantitative estimate of drug-likeness (QED) is 0.435. The maximum atomic E-state index is 9.70. The first-order chi connectivity index (χ1) is 16.9. The van der Waals surface area contributed by atoms with Crippen molar-refractivity contribution in [1.29, 1.82) is 5.26 Å². The zero-order valence-corrected chi connectivity index (χ0v) is 19.9. The minimum Gasteiger partial charge on any atom is -0.493 e. The van der Waals surface area contributed by atoms with Crippen LogP contribution in [0.4, 0.5) is 5.82 Å². The number of fused-ring (bicyclic) bond motifs is 1. The lowest BCUT2D eigenvalue weighted by atomic mass is 10.0. The number of nitrogens with zero attached hydrogens (tertiary/aromatic N) is 6.